The molecule has 1 N–H and O–H groups in total. The fourth-order valence-corrected chi connectivity index (χ4v) is 6.23. The van der Waals surface area contributed by atoms with Gasteiger partial charge >= 0.3 is 0 Å². The first-order chi connectivity index (χ1) is 19.3. The molecule has 0 spiro atoms. The smallest absolute Gasteiger partial charge is 0.198 e. The van der Waals surface area contributed by atoms with Gasteiger partial charge in [-0.2, -0.15) is 0 Å². The molecule has 0 bridgehead atoms. The summed E-state index contributed by atoms with van der Waals surface area (Å²) in [5.74, 6) is 0. The number of fused-ring (bicyclic) bond motifs is 5. The van der Waals surface area contributed by atoms with Gasteiger partial charge in [0.1, 0.15) is 0 Å². The number of nitrogens with one attached hydrogen (secondary N) is 1. The SMILES string of the molecule is B1c2ccccc2N(c2ccccc2)c2cc(-c3ccccc3)cc(-c3cccc4c3[nH]c3ccccc34)c21. The maximum atomic E-state index is 3.76. The van der Waals surface area contributed by atoms with Gasteiger partial charge in [-0.3, -0.25) is 0 Å². The number of hydrogen-bond acceptors (Lipinski definition) is 1. The number of anilines is 3. The van der Waals surface area contributed by atoms with Crippen LogP contribution in [-0.2, 0) is 0 Å². The second-order valence-electron chi connectivity index (χ2n) is 10.3. The van der Waals surface area contributed by atoms with Gasteiger partial charge in [0.05, 0.1) is 5.52 Å². The van der Waals surface area contributed by atoms with Gasteiger partial charge in [0.15, 0.2) is 7.28 Å². The van der Waals surface area contributed by atoms with Crippen LogP contribution in [-0.4, -0.2) is 12.3 Å². The lowest BCUT2D eigenvalue weighted by Gasteiger charge is -2.35. The Morgan fingerprint density at radius 1 is 0.513 bits per heavy atom. The van der Waals surface area contributed by atoms with E-state index in [1.54, 1.807) is 0 Å². The Labute approximate surface area is 228 Å². The normalized spacial score (nSPS) is 12.3. The monoisotopic (exact) mass is 496 g/mol. The second-order valence-corrected chi connectivity index (χ2v) is 10.3. The molecule has 182 valence electrons. The molecule has 0 unspecified atom stereocenters. The molecule has 2 nitrogen and oxygen atoms in total. The molecule has 0 radical (unpaired) electrons. The zero-order valence-electron chi connectivity index (χ0n) is 21.4. The maximum Gasteiger partial charge on any atom is 0.198 e. The Kier molecular flexibility index (Phi) is 4.96. The Morgan fingerprint density at radius 2 is 1.23 bits per heavy atom. The molecule has 8 rings (SSSR count). The van der Waals surface area contributed by atoms with E-state index in [9.17, 15) is 0 Å². The van der Waals surface area contributed by atoms with Crippen LogP contribution in [0, 0.1) is 0 Å². The number of rotatable bonds is 3. The standard InChI is InChI=1S/C36H25BN2/c1-3-12-24(13-4-1)25-22-30(29-18-11-17-28-27-16-7-9-20-32(27)38-36(28)29)35-34(23-25)39(26-14-5-2-6-15-26)33-21-10-8-19-31(33)37-35/h1-23,37-38H. The van der Waals surface area contributed by atoms with E-state index >= 15 is 0 Å². The van der Waals surface area contributed by atoms with Crippen molar-refractivity contribution in [3.8, 4) is 22.3 Å². The molecule has 6 aromatic carbocycles. The van der Waals surface area contributed by atoms with Gasteiger partial charge in [0, 0.05) is 38.9 Å². The summed E-state index contributed by atoms with van der Waals surface area (Å²) in [7, 11) is 0.885. The van der Waals surface area contributed by atoms with E-state index in [0.717, 1.165) is 7.28 Å². The first-order valence-electron chi connectivity index (χ1n) is 13.5. The zero-order chi connectivity index (χ0) is 25.8. The number of H-pyrrole nitrogens is 1. The van der Waals surface area contributed by atoms with Crippen LogP contribution in [0.3, 0.4) is 0 Å². The highest BCUT2D eigenvalue weighted by atomic mass is 15.1. The molecule has 1 aliphatic rings. The Morgan fingerprint density at radius 3 is 2.10 bits per heavy atom. The van der Waals surface area contributed by atoms with Crippen LogP contribution < -0.4 is 15.8 Å². The van der Waals surface area contributed by atoms with Crippen molar-refractivity contribution in [2.45, 2.75) is 0 Å². The number of nitrogens with zero attached hydrogens (tertiary/aromatic N) is 1. The van der Waals surface area contributed by atoms with Gasteiger partial charge in [-0.25, -0.2) is 0 Å². The van der Waals surface area contributed by atoms with Gasteiger partial charge in [-0.1, -0.05) is 109 Å². The highest BCUT2D eigenvalue weighted by Crippen LogP contribution is 2.41. The minimum atomic E-state index is 0.885. The Bertz CT molecular complexity index is 1990. The van der Waals surface area contributed by atoms with E-state index < -0.39 is 0 Å². The number of aromatic amines is 1. The van der Waals surface area contributed by atoms with Crippen LogP contribution >= 0.6 is 0 Å². The van der Waals surface area contributed by atoms with Crippen molar-refractivity contribution in [2.75, 3.05) is 4.90 Å². The van der Waals surface area contributed by atoms with Gasteiger partial charge in [-0.05, 0) is 58.6 Å². The van der Waals surface area contributed by atoms with Crippen molar-refractivity contribution in [1.82, 2.24) is 4.98 Å². The summed E-state index contributed by atoms with van der Waals surface area (Å²) in [6, 6.07) is 50.4. The highest BCUT2D eigenvalue weighted by molar-refractivity contribution is 6.73. The van der Waals surface area contributed by atoms with E-state index in [1.807, 2.05) is 0 Å². The topological polar surface area (TPSA) is 19.0 Å². The van der Waals surface area contributed by atoms with E-state index in [2.05, 4.69) is 149 Å². The molecule has 0 saturated carbocycles. The largest absolute Gasteiger partial charge is 0.354 e. The predicted octanol–water partition coefficient (Wildman–Crippen LogP) is 7.83. The first-order valence-corrected chi connectivity index (χ1v) is 13.5. The third-order valence-corrected chi connectivity index (χ3v) is 8.02. The summed E-state index contributed by atoms with van der Waals surface area (Å²) >= 11 is 0. The molecule has 2 heterocycles. The lowest BCUT2D eigenvalue weighted by atomic mass is 9.58. The first kappa shape index (κ1) is 22.0. The Hall–Kier alpha value is -5.02. The van der Waals surface area contributed by atoms with Gasteiger partial charge in [0.25, 0.3) is 0 Å². The fourth-order valence-electron chi connectivity index (χ4n) is 6.23. The molecule has 39 heavy (non-hydrogen) atoms. The van der Waals surface area contributed by atoms with Crippen LogP contribution in [0.5, 0.6) is 0 Å². The average molecular weight is 496 g/mol. The summed E-state index contributed by atoms with van der Waals surface area (Å²) < 4.78 is 0. The Balaban J connectivity index is 1.47. The molecule has 7 aromatic rings. The van der Waals surface area contributed by atoms with Crippen molar-refractivity contribution in [1.29, 1.82) is 0 Å². The quantitative estimate of drug-likeness (QED) is 0.247. The summed E-state index contributed by atoms with van der Waals surface area (Å²) in [4.78, 5) is 6.20. The van der Waals surface area contributed by atoms with Crippen LogP contribution in [0.2, 0.25) is 0 Å². The van der Waals surface area contributed by atoms with E-state index in [-0.39, 0.29) is 0 Å². The summed E-state index contributed by atoms with van der Waals surface area (Å²) in [5, 5.41) is 2.52. The average Bonchev–Trinajstić information content (AvgIpc) is 3.39. The van der Waals surface area contributed by atoms with Crippen molar-refractivity contribution >= 4 is 57.1 Å². The molecule has 0 atom stereocenters. The van der Waals surface area contributed by atoms with Crippen molar-refractivity contribution in [3.63, 3.8) is 0 Å². The molecule has 3 heteroatoms. The number of aromatic nitrogens is 1. The highest BCUT2D eigenvalue weighted by Gasteiger charge is 2.28. The van der Waals surface area contributed by atoms with Crippen LogP contribution in [0.25, 0.3) is 44.1 Å². The van der Waals surface area contributed by atoms with Gasteiger partial charge < -0.3 is 9.88 Å². The summed E-state index contributed by atoms with van der Waals surface area (Å²) in [6.07, 6.45) is 0. The lowest BCUT2D eigenvalue weighted by molar-refractivity contribution is 1.30. The van der Waals surface area contributed by atoms with Crippen LogP contribution in [0.4, 0.5) is 17.1 Å². The van der Waals surface area contributed by atoms with E-state index in [1.165, 1.54) is 72.0 Å². The second kappa shape index (κ2) is 8.78. The fraction of sp³-hybridized carbons (Fsp3) is 0. The molecule has 0 fully saturated rings. The van der Waals surface area contributed by atoms with Crippen LogP contribution in [0.1, 0.15) is 0 Å². The number of para-hydroxylation sites is 4. The molecule has 1 aliphatic heterocycles. The molecule has 0 amide bonds. The minimum Gasteiger partial charge on any atom is -0.354 e. The molecule has 0 aliphatic carbocycles. The molecular weight excluding hydrogens is 471 g/mol. The predicted molar refractivity (Wildman–Crippen MR) is 168 cm³/mol. The number of benzene rings is 6. The van der Waals surface area contributed by atoms with Gasteiger partial charge in [0.2, 0.25) is 0 Å². The molecule has 1 aromatic heterocycles. The van der Waals surface area contributed by atoms with E-state index in [4.69, 9.17) is 0 Å². The third kappa shape index (κ3) is 3.51. The van der Waals surface area contributed by atoms with Gasteiger partial charge in [-0.15, -0.1) is 0 Å². The van der Waals surface area contributed by atoms with Crippen molar-refractivity contribution in [3.05, 3.63) is 140 Å². The third-order valence-electron chi connectivity index (χ3n) is 8.02. The van der Waals surface area contributed by atoms with Crippen molar-refractivity contribution in [2.24, 2.45) is 0 Å². The zero-order valence-corrected chi connectivity index (χ0v) is 21.4. The summed E-state index contributed by atoms with van der Waals surface area (Å²) in [5.41, 5.74) is 13.7. The number of hydrogen-bond donors (Lipinski definition) is 1. The van der Waals surface area contributed by atoms with Crippen molar-refractivity contribution < 1.29 is 0 Å². The maximum absolute atomic E-state index is 3.76. The molecule has 0 saturated heterocycles. The lowest BCUT2D eigenvalue weighted by Crippen LogP contribution is -2.40. The minimum absolute atomic E-state index is 0.885. The van der Waals surface area contributed by atoms with Crippen LogP contribution in [0.15, 0.2) is 140 Å². The molecular formula is C36H25BN2. The summed E-state index contributed by atoms with van der Waals surface area (Å²) in [6.45, 7) is 0. The van der Waals surface area contributed by atoms with E-state index in [0.29, 0.717) is 0 Å².